The number of anilines is 1. The fourth-order valence-electron chi connectivity index (χ4n) is 3.92. The number of rotatable bonds is 2. The summed E-state index contributed by atoms with van der Waals surface area (Å²) in [6.07, 6.45) is -4.97. The Morgan fingerprint density at radius 3 is 2.27 bits per heavy atom. The van der Waals surface area contributed by atoms with Gasteiger partial charge in [0.15, 0.2) is 0 Å². The number of halogens is 4. The molecule has 1 aliphatic rings. The van der Waals surface area contributed by atoms with Crippen LogP contribution in [0.3, 0.4) is 0 Å². The van der Waals surface area contributed by atoms with E-state index in [4.69, 9.17) is 0 Å². The average molecular weight is 472 g/mol. The molecule has 4 nitrogen and oxygen atoms in total. The summed E-state index contributed by atoms with van der Waals surface area (Å²) in [5, 5.41) is 2.53. The molecule has 3 aromatic carbocycles. The number of carbonyl (C=O) groups excluding carboxylic acids is 1. The number of ketones is 1. The van der Waals surface area contributed by atoms with Crippen LogP contribution >= 0.6 is 15.9 Å². The number of aromatic nitrogens is 2. The topological polar surface area (TPSA) is 46.9 Å². The quantitative estimate of drug-likeness (QED) is 0.390. The van der Waals surface area contributed by atoms with Crippen molar-refractivity contribution in [1.29, 1.82) is 0 Å². The predicted molar refractivity (Wildman–Crippen MR) is 111 cm³/mol. The fraction of sp³-hybridized carbons (Fsp3) is 0.0909. The van der Waals surface area contributed by atoms with E-state index in [0.29, 0.717) is 15.6 Å². The number of hydrogen-bond acceptors (Lipinski definition) is 3. The summed E-state index contributed by atoms with van der Waals surface area (Å²) in [5.41, 5.74) is -1.99. The van der Waals surface area contributed by atoms with Crippen LogP contribution in [0.1, 0.15) is 10.4 Å². The molecule has 0 aliphatic carbocycles. The molecule has 5 rings (SSSR count). The van der Waals surface area contributed by atoms with Crippen LogP contribution in [0, 0.1) is 0 Å². The van der Waals surface area contributed by atoms with E-state index in [2.05, 4.69) is 26.2 Å². The van der Waals surface area contributed by atoms with Gasteiger partial charge in [-0.3, -0.25) is 9.36 Å². The molecule has 1 aromatic heterocycles. The summed E-state index contributed by atoms with van der Waals surface area (Å²) in [5.74, 6) is -1.000. The van der Waals surface area contributed by atoms with E-state index in [-0.39, 0.29) is 22.6 Å². The SMILES string of the molecule is O=C1c2ccccc2-c2nc3ccccc3n2C1(Nc1ccccc1Br)C(F)(F)F. The molecule has 0 saturated carbocycles. The minimum absolute atomic E-state index is 0.0304. The van der Waals surface area contributed by atoms with Crippen molar-refractivity contribution < 1.29 is 18.0 Å². The third-order valence-electron chi connectivity index (χ3n) is 5.24. The van der Waals surface area contributed by atoms with Crippen LogP contribution in [-0.4, -0.2) is 21.5 Å². The lowest BCUT2D eigenvalue weighted by Gasteiger charge is -2.41. The molecule has 0 saturated heterocycles. The van der Waals surface area contributed by atoms with Gasteiger partial charge in [-0.15, -0.1) is 0 Å². The molecule has 2 heterocycles. The molecule has 0 radical (unpaired) electrons. The zero-order valence-corrected chi connectivity index (χ0v) is 16.8. The molecule has 0 bridgehead atoms. The van der Waals surface area contributed by atoms with Gasteiger partial charge in [-0.2, -0.15) is 13.2 Å². The lowest BCUT2D eigenvalue weighted by Crippen LogP contribution is -2.61. The minimum atomic E-state index is -4.97. The summed E-state index contributed by atoms with van der Waals surface area (Å²) in [7, 11) is 0. The van der Waals surface area contributed by atoms with Crippen LogP contribution in [0.25, 0.3) is 22.4 Å². The van der Waals surface area contributed by atoms with Crippen LogP contribution < -0.4 is 5.32 Å². The molecular weight excluding hydrogens is 459 g/mol. The molecule has 1 N–H and O–H groups in total. The highest BCUT2D eigenvalue weighted by atomic mass is 79.9. The van der Waals surface area contributed by atoms with Gasteiger partial charge in [0, 0.05) is 15.6 Å². The first-order chi connectivity index (χ1) is 14.3. The standard InChI is InChI=1S/C22H13BrF3N3O/c23-15-9-3-4-10-16(15)28-21(22(24,25)26)19(30)13-7-1-2-8-14(13)20-27-17-11-5-6-12-18(17)29(20)21/h1-12,28H. The van der Waals surface area contributed by atoms with E-state index in [1.54, 1.807) is 54.6 Å². The van der Waals surface area contributed by atoms with E-state index in [1.807, 2.05) is 0 Å². The fourth-order valence-corrected chi connectivity index (χ4v) is 4.30. The zero-order chi connectivity index (χ0) is 21.1. The number of hydrogen-bond donors (Lipinski definition) is 1. The summed E-state index contributed by atoms with van der Waals surface area (Å²) < 4.78 is 46.1. The van der Waals surface area contributed by atoms with Crippen molar-refractivity contribution >= 4 is 38.4 Å². The van der Waals surface area contributed by atoms with Crippen molar-refractivity contribution in [2.45, 2.75) is 11.8 Å². The van der Waals surface area contributed by atoms with Gasteiger partial charge in [-0.1, -0.05) is 48.5 Å². The first kappa shape index (κ1) is 18.9. The molecule has 0 spiro atoms. The largest absolute Gasteiger partial charge is 0.438 e. The molecule has 8 heteroatoms. The van der Waals surface area contributed by atoms with Crippen molar-refractivity contribution in [2.24, 2.45) is 0 Å². The number of nitrogens with zero attached hydrogens (tertiary/aromatic N) is 2. The minimum Gasteiger partial charge on any atom is -0.347 e. The lowest BCUT2D eigenvalue weighted by atomic mass is 9.88. The Morgan fingerprint density at radius 2 is 1.53 bits per heavy atom. The lowest BCUT2D eigenvalue weighted by molar-refractivity contribution is -0.186. The highest BCUT2D eigenvalue weighted by molar-refractivity contribution is 9.10. The highest BCUT2D eigenvalue weighted by Crippen LogP contribution is 2.49. The van der Waals surface area contributed by atoms with Crippen molar-refractivity contribution in [3.8, 4) is 11.4 Å². The van der Waals surface area contributed by atoms with Crippen molar-refractivity contribution in [2.75, 3.05) is 5.32 Å². The number of nitrogens with one attached hydrogen (secondary N) is 1. The van der Waals surface area contributed by atoms with Crippen LogP contribution in [0.2, 0.25) is 0 Å². The third-order valence-corrected chi connectivity index (χ3v) is 5.93. The van der Waals surface area contributed by atoms with Gasteiger partial charge in [0.2, 0.25) is 5.78 Å². The molecule has 4 aromatic rings. The molecule has 30 heavy (non-hydrogen) atoms. The van der Waals surface area contributed by atoms with E-state index in [0.717, 1.165) is 4.57 Å². The maximum Gasteiger partial charge on any atom is 0.438 e. The number of carbonyl (C=O) groups is 1. The molecule has 1 unspecified atom stereocenters. The van der Waals surface area contributed by atoms with Gasteiger partial charge in [0.25, 0.3) is 5.66 Å². The second kappa shape index (κ2) is 6.43. The molecule has 0 amide bonds. The van der Waals surface area contributed by atoms with Gasteiger partial charge in [0.05, 0.1) is 16.7 Å². The first-order valence-electron chi connectivity index (χ1n) is 9.06. The second-order valence-corrected chi connectivity index (χ2v) is 7.80. The molecule has 1 atom stereocenters. The molecule has 150 valence electrons. The molecular formula is C22H13BrF3N3O. The summed E-state index contributed by atoms with van der Waals surface area (Å²) in [4.78, 5) is 18.0. The van der Waals surface area contributed by atoms with E-state index >= 15 is 0 Å². The van der Waals surface area contributed by atoms with Crippen molar-refractivity contribution in [3.63, 3.8) is 0 Å². The Balaban J connectivity index is 1.92. The first-order valence-corrected chi connectivity index (χ1v) is 9.85. The van der Waals surface area contributed by atoms with Crippen LogP contribution in [0.4, 0.5) is 18.9 Å². The van der Waals surface area contributed by atoms with Gasteiger partial charge in [0.1, 0.15) is 5.82 Å². The monoisotopic (exact) mass is 471 g/mol. The summed E-state index contributed by atoms with van der Waals surface area (Å²) in [6, 6.07) is 19.1. The maximum atomic E-state index is 14.9. The van der Waals surface area contributed by atoms with Crippen LogP contribution in [0.15, 0.2) is 77.3 Å². The van der Waals surface area contributed by atoms with Gasteiger partial charge < -0.3 is 5.32 Å². The van der Waals surface area contributed by atoms with Crippen molar-refractivity contribution in [3.05, 3.63) is 82.8 Å². The second-order valence-electron chi connectivity index (χ2n) is 6.95. The predicted octanol–water partition coefficient (Wildman–Crippen LogP) is 5.99. The Morgan fingerprint density at radius 1 is 0.900 bits per heavy atom. The van der Waals surface area contributed by atoms with Gasteiger partial charge in [-0.05, 0) is 40.2 Å². The van der Waals surface area contributed by atoms with Crippen LogP contribution in [-0.2, 0) is 5.66 Å². The van der Waals surface area contributed by atoms with E-state index in [9.17, 15) is 18.0 Å². The zero-order valence-electron chi connectivity index (χ0n) is 15.2. The van der Waals surface area contributed by atoms with E-state index in [1.165, 1.54) is 18.2 Å². The smallest absolute Gasteiger partial charge is 0.347 e. The Bertz CT molecular complexity index is 1310. The maximum absolute atomic E-state index is 14.9. The molecule has 1 aliphatic heterocycles. The van der Waals surface area contributed by atoms with E-state index < -0.39 is 17.6 Å². The Labute approximate surface area is 177 Å². The number of fused-ring (bicyclic) bond motifs is 5. The molecule has 0 fully saturated rings. The number of alkyl halides is 3. The summed E-state index contributed by atoms with van der Waals surface area (Å²) in [6.45, 7) is 0. The van der Waals surface area contributed by atoms with Gasteiger partial charge >= 0.3 is 6.18 Å². The highest BCUT2D eigenvalue weighted by Gasteiger charge is 2.65. The Hall–Kier alpha value is -3.13. The summed E-state index contributed by atoms with van der Waals surface area (Å²) >= 11 is 3.28. The number of imidazole rings is 1. The number of Topliss-reactive ketones (excluding diaryl/α,β-unsaturated/α-hetero) is 1. The number of benzene rings is 3. The normalized spacial score (nSPS) is 18.2. The van der Waals surface area contributed by atoms with Crippen molar-refractivity contribution in [1.82, 2.24) is 9.55 Å². The number of para-hydroxylation sites is 3. The van der Waals surface area contributed by atoms with Gasteiger partial charge in [-0.25, -0.2) is 4.98 Å². The average Bonchev–Trinajstić information content (AvgIpc) is 3.12. The Kier molecular flexibility index (Phi) is 4.05. The third kappa shape index (κ3) is 2.46. The van der Waals surface area contributed by atoms with Crippen LogP contribution in [0.5, 0.6) is 0 Å².